The van der Waals surface area contributed by atoms with Crippen molar-refractivity contribution in [3.8, 4) is 11.5 Å². The van der Waals surface area contributed by atoms with Gasteiger partial charge in [0.25, 0.3) is 0 Å². The van der Waals surface area contributed by atoms with Crippen molar-refractivity contribution in [2.24, 2.45) is 0 Å². The number of nitrogens with one attached hydrogen (secondary N) is 2. The highest BCUT2D eigenvalue weighted by atomic mass is 16.5. The van der Waals surface area contributed by atoms with Gasteiger partial charge in [-0.3, -0.25) is 4.79 Å². The Bertz CT molecular complexity index is 414. The summed E-state index contributed by atoms with van der Waals surface area (Å²) in [6.45, 7) is 0.881. The molecule has 1 heterocycles. The number of ether oxygens (including phenoxy) is 1. The normalized spacial score (nSPS) is 19.0. The lowest BCUT2D eigenvalue weighted by Crippen LogP contribution is -2.35. The van der Waals surface area contributed by atoms with Crippen molar-refractivity contribution in [3.63, 3.8) is 0 Å². The minimum absolute atomic E-state index is 0.0182. The monoisotopic (exact) mass is 236 g/mol. The standard InChI is InChI=1S/C12H16N2O3/c1-17-11-5-4-8(7-10(11)15)14-12(16)9-3-2-6-13-9/h4-5,7,9,13,15H,2-3,6H2,1H3,(H,14,16)/t9-/m0/s1. The van der Waals surface area contributed by atoms with Crippen molar-refractivity contribution >= 4 is 11.6 Å². The molecule has 1 aromatic rings. The van der Waals surface area contributed by atoms with Crippen LogP contribution in [0.25, 0.3) is 0 Å². The molecule has 0 spiro atoms. The van der Waals surface area contributed by atoms with Gasteiger partial charge in [-0.2, -0.15) is 0 Å². The van der Waals surface area contributed by atoms with Crippen LogP contribution in [0.3, 0.4) is 0 Å². The van der Waals surface area contributed by atoms with Crippen LogP contribution >= 0.6 is 0 Å². The summed E-state index contributed by atoms with van der Waals surface area (Å²) in [5.74, 6) is 0.346. The molecule has 92 valence electrons. The Labute approximate surface area is 99.8 Å². The number of hydrogen-bond acceptors (Lipinski definition) is 4. The van der Waals surface area contributed by atoms with Gasteiger partial charge in [-0.1, -0.05) is 0 Å². The van der Waals surface area contributed by atoms with Crippen molar-refractivity contribution in [1.82, 2.24) is 5.32 Å². The molecule has 1 amide bonds. The Balaban J connectivity index is 2.03. The van der Waals surface area contributed by atoms with E-state index in [1.807, 2.05) is 0 Å². The van der Waals surface area contributed by atoms with E-state index >= 15 is 0 Å². The zero-order chi connectivity index (χ0) is 12.3. The van der Waals surface area contributed by atoms with Crippen LogP contribution in [0, 0.1) is 0 Å². The summed E-state index contributed by atoms with van der Waals surface area (Å²) in [6, 6.07) is 4.67. The third-order valence-electron chi connectivity index (χ3n) is 2.82. The van der Waals surface area contributed by atoms with Crippen LogP contribution in [0.2, 0.25) is 0 Å². The molecule has 1 aliphatic rings. The molecule has 1 saturated heterocycles. The fraction of sp³-hybridized carbons (Fsp3) is 0.417. The number of aromatic hydroxyl groups is 1. The van der Waals surface area contributed by atoms with Gasteiger partial charge >= 0.3 is 0 Å². The Kier molecular flexibility index (Phi) is 3.49. The molecule has 0 saturated carbocycles. The molecular formula is C12H16N2O3. The first-order valence-corrected chi connectivity index (χ1v) is 5.62. The lowest BCUT2D eigenvalue weighted by molar-refractivity contribution is -0.117. The van der Waals surface area contributed by atoms with Gasteiger partial charge < -0.3 is 20.5 Å². The maximum absolute atomic E-state index is 11.8. The van der Waals surface area contributed by atoms with Crippen molar-refractivity contribution < 1.29 is 14.6 Å². The zero-order valence-electron chi connectivity index (χ0n) is 9.69. The van der Waals surface area contributed by atoms with E-state index in [0.717, 1.165) is 19.4 Å². The second kappa shape index (κ2) is 5.05. The smallest absolute Gasteiger partial charge is 0.241 e. The summed E-state index contributed by atoms with van der Waals surface area (Å²) in [5, 5.41) is 15.5. The van der Waals surface area contributed by atoms with E-state index in [1.54, 1.807) is 12.1 Å². The molecule has 0 radical (unpaired) electrons. The second-order valence-electron chi connectivity index (χ2n) is 4.02. The first kappa shape index (κ1) is 11.7. The third-order valence-corrected chi connectivity index (χ3v) is 2.82. The average Bonchev–Trinajstić information content (AvgIpc) is 2.82. The van der Waals surface area contributed by atoms with Crippen molar-refractivity contribution in [1.29, 1.82) is 0 Å². The highest BCUT2D eigenvalue weighted by molar-refractivity contribution is 5.95. The molecule has 1 atom stereocenters. The minimum Gasteiger partial charge on any atom is -0.504 e. The van der Waals surface area contributed by atoms with Crippen LogP contribution in [0.5, 0.6) is 11.5 Å². The Hall–Kier alpha value is -1.75. The summed E-state index contributed by atoms with van der Waals surface area (Å²) < 4.78 is 4.93. The van der Waals surface area contributed by atoms with Gasteiger partial charge in [0.15, 0.2) is 11.5 Å². The topological polar surface area (TPSA) is 70.6 Å². The van der Waals surface area contributed by atoms with Crippen LogP contribution in [0.15, 0.2) is 18.2 Å². The first-order chi connectivity index (χ1) is 8.20. The van der Waals surface area contributed by atoms with Crippen LogP contribution < -0.4 is 15.4 Å². The van der Waals surface area contributed by atoms with Crippen LogP contribution in [-0.4, -0.2) is 30.7 Å². The highest BCUT2D eigenvalue weighted by Crippen LogP contribution is 2.28. The summed E-state index contributed by atoms with van der Waals surface area (Å²) >= 11 is 0. The summed E-state index contributed by atoms with van der Waals surface area (Å²) in [6.07, 6.45) is 1.87. The van der Waals surface area contributed by atoms with Gasteiger partial charge in [-0.05, 0) is 31.5 Å². The predicted molar refractivity (Wildman–Crippen MR) is 64.3 cm³/mol. The largest absolute Gasteiger partial charge is 0.504 e. The van der Waals surface area contributed by atoms with Crippen LogP contribution in [0.4, 0.5) is 5.69 Å². The Morgan fingerprint density at radius 2 is 2.41 bits per heavy atom. The molecule has 5 nitrogen and oxygen atoms in total. The van der Waals surface area contributed by atoms with E-state index in [1.165, 1.54) is 13.2 Å². The van der Waals surface area contributed by atoms with E-state index in [9.17, 15) is 9.90 Å². The molecule has 1 fully saturated rings. The average molecular weight is 236 g/mol. The molecule has 3 N–H and O–H groups in total. The number of phenolic OH excluding ortho intramolecular Hbond substituents is 1. The van der Waals surface area contributed by atoms with Gasteiger partial charge in [-0.15, -0.1) is 0 Å². The highest BCUT2D eigenvalue weighted by Gasteiger charge is 2.21. The second-order valence-corrected chi connectivity index (χ2v) is 4.02. The minimum atomic E-state index is -0.126. The molecular weight excluding hydrogens is 220 g/mol. The number of methoxy groups -OCH3 is 1. The number of carbonyl (C=O) groups is 1. The summed E-state index contributed by atoms with van der Waals surface area (Å²) in [7, 11) is 1.48. The van der Waals surface area contributed by atoms with Crippen molar-refractivity contribution in [2.45, 2.75) is 18.9 Å². The van der Waals surface area contributed by atoms with Gasteiger partial charge in [0.2, 0.25) is 5.91 Å². The van der Waals surface area contributed by atoms with Gasteiger partial charge in [0, 0.05) is 11.8 Å². The fourth-order valence-electron chi connectivity index (χ4n) is 1.91. The van der Waals surface area contributed by atoms with E-state index in [0.29, 0.717) is 11.4 Å². The number of benzene rings is 1. The van der Waals surface area contributed by atoms with E-state index < -0.39 is 0 Å². The van der Waals surface area contributed by atoms with E-state index in [-0.39, 0.29) is 17.7 Å². The maximum Gasteiger partial charge on any atom is 0.241 e. The number of carbonyl (C=O) groups excluding carboxylic acids is 1. The number of phenols is 1. The summed E-state index contributed by atoms with van der Waals surface area (Å²) in [4.78, 5) is 11.8. The fourth-order valence-corrected chi connectivity index (χ4v) is 1.91. The molecule has 0 unspecified atom stereocenters. The molecule has 5 heteroatoms. The molecule has 1 aliphatic heterocycles. The van der Waals surface area contributed by atoms with Crippen LogP contribution in [-0.2, 0) is 4.79 Å². The lowest BCUT2D eigenvalue weighted by Gasteiger charge is -2.12. The molecule has 0 aromatic heterocycles. The number of hydrogen-bond donors (Lipinski definition) is 3. The zero-order valence-corrected chi connectivity index (χ0v) is 9.69. The van der Waals surface area contributed by atoms with Gasteiger partial charge in [0.1, 0.15) is 0 Å². The SMILES string of the molecule is COc1ccc(NC(=O)[C@@H]2CCCN2)cc1O. The molecule has 2 rings (SSSR count). The summed E-state index contributed by atoms with van der Waals surface area (Å²) in [5.41, 5.74) is 0.571. The van der Waals surface area contributed by atoms with Crippen molar-refractivity contribution in [3.05, 3.63) is 18.2 Å². The van der Waals surface area contributed by atoms with Crippen molar-refractivity contribution in [2.75, 3.05) is 19.0 Å². The molecule has 0 aliphatic carbocycles. The molecule has 17 heavy (non-hydrogen) atoms. The van der Waals surface area contributed by atoms with E-state index in [4.69, 9.17) is 4.74 Å². The first-order valence-electron chi connectivity index (χ1n) is 5.62. The Morgan fingerprint density at radius 1 is 1.59 bits per heavy atom. The Morgan fingerprint density at radius 3 is 3.00 bits per heavy atom. The number of amides is 1. The van der Waals surface area contributed by atoms with Gasteiger partial charge in [-0.25, -0.2) is 0 Å². The van der Waals surface area contributed by atoms with E-state index in [2.05, 4.69) is 10.6 Å². The van der Waals surface area contributed by atoms with Gasteiger partial charge in [0.05, 0.1) is 13.2 Å². The maximum atomic E-state index is 11.8. The van der Waals surface area contributed by atoms with Crippen LogP contribution in [0.1, 0.15) is 12.8 Å². The molecule has 0 bridgehead atoms. The predicted octanol–water partition coefficient (Wildman–Crippen LogP) is 1.09. The molecule has 1 aromatic carbocycles. The quantitative estimate of drug-likeness (QED) is 0.734. The lowest BCUT2D eigenvalue weighted by atomic mass is 10.2. The number of anilines is 1. The third kappa shape index (κ3) is 2.68. The number of rotatable bonds is 3.